The fourth-order valence-electron chi connectivity index (χ4n) is 1.82. The number of aliphatic hydroxyl groups is 1. The van der Waals surface area contributed by atoms with Crippen molar-refractivity contribution >= 4 is 5.57 Å². The standard InChI is InChI=1S/C16H16O3/c17-11-14(13-5-9-16(19)10-6-13)4-1-12-2-7-15(18)8-3-12/h2-10,17-19H,1,11H2/b14-4-. The second kappa shape index (κ2) is 6.07. The molecule has 2 rings (SSSR count). The molecule has 0 bridgehead atoms. The minimum atomic E-state index is -0.0527. The summed E-state index contributed by atoms with van der Waals surface area (Å²) in [6.07, 6.45) is 2.62. The summed E-state index contributed by atoms with van der Waals surface area (Å²) in [5, 5.41) is 27.8. The van der Waals surface area contributed by atoms with E-state index in [4.69, 9.17) is 0 Å². The topological polar surface area (TPSA) is 60.7 Å². The van der Waals surface area contributed by atoms with Gasteiger partial charge in [-0.25, -0.2) is 0 Å². The van der Waals surface area contributed by atoms with E-state index < -0.39 is 0 Å². The molecule has 0 aliphatic heterocycles. The number of benzene rings is 2. The Morgan fingerprint density at radius 1 is 0.842 bits per heavy atom. The predicted octanol–water partition coefficient (Wildman–Crippen LogP) is 2.72. The highest BCUT2D eigenvalue weighted by Gasteiger charge is 2.00. The number of aromatic hydroxyl groups is 2. The van der Waals surface area contributed by atoms with Gasteiger partial charge in [0.05, 0.1) is 6.61 Å². The Labute approximate surface area is 112 Å². The van der Waals surface area contributed by atoms with E-state index in [1.807, 2.05) is 18.2 Å². The fraction of sp³-hybridized carbons (Fsp3) is 0.125. The maximum absolute atomic E-state index is 9.40. The van der Waals surface area contributed by atoms with Gasteiger partial charge < -0.3 is 15.3 Å². The molecule has 0 saturated heterocycles. The van der Waals surface area contributed by atoms with Crippen molar-refractivity contribution in [2.24, 2.45) is 0 Å². The SMILES string of the molecule is OC/C(=C/Cc1ccc(O)cc1)c1ccc(O)cc1. The van der Waals surface area contributed by atoms with Crippen molar-refractivity contribution in [1.29, 1.82) is 0 Å². The average Bonchev–Trinajstić information content (AvgIpc) is 2.43. The van der Waals surface area contributed by atoms with Gasteiger partial charge in [-0.05, 0) is 47.4 Å². The van der Waals surface area contributed by atoms with E-state index in [0.29, 0.717) is 6.42 Å². The van der Waals surface area contributed by atoms with E-state index in [1.165, 1.54) is 0 Å². The molecule has 0 atom stereocenters. The van der Waals surface area contributed by atoms with Crippen LogP contribution >= 0.6 is 0 Å². The molecule has 2 aromatic carbocycles. The van der Waals surface area contributed by atoms with Crippen molar-refractivity contribution in [3.63, 3.8) is 0 Å². The lowest BCUT2D eigenvalue weighted by atomic mass is 10.0. The number of phenolic OH excluding ortho intramolecular Hbond substituents is 2. The molecule has 0 unspecified atom stereocenters. The molecule has 0 spiro atoms. The summed E-state index contributed by atoms with van der Waals surface area (Å²) in [7, 11) is 0. The zero-order valence-electron chi connectivity index (χ0n) is 10.5. The van der Waals surface area contributed by atoms with Gasteiger partial charge in [0, 0.05) is 0 Å². The van der Waals surface area contributed by atoms with E-state index >= 15 is 0 Å². The normalized spacial score (nSPS) is 11.5. The number of hydrogen-bond acceptors (Lipinski definition) is 3. The average molecular weight is 256 g/mol. The van der Waals surface area contributed by atoms with Crippen LogP contribution in [0.5, 0.6) is 11.5 Å². The highest BCUT2D eigenvalue weighted by atomic mass is 16.3. The lowest BCUT2D eigenvalue weighted by molar-refractivity contribution is 0.350. The molecule has 0 amide bonds. The van der Waals surface area contributed by atoms with Crippen molar-refractivity contribution in [1.82, 2.24) is 0 Å². The van der Waals surface area contributed by atoms with Gasteiger partial charge in [0.15, 0.2) is 0 Å². The second-order valence-corrected chi connectivity index (χ2v) is 4.30. The van der Waals surface area contributed by atoms with E-state index in [0.717, 1.165) is 16.7 Å². The molecule has 3 heteroatoms. The fourth-order valence-corrected chi connectivity index (χ4v) is 1.82. The van der Waals surface area contributed by atoms with E-state index in [2.05, 4.69) is 0 Å². The van der Waals surface area contributed by atoms with Crippen molar-refractivity contribution in [3.05, 3.63) is 65.7 Å². The highest BCUT2D eigenvalue weighted by molar-refractivity contribution is 5.67. The third kappa shape index (κ3) is 3.60. The third-order valence-electron chi connectivity index (χ3n) is 2.93. The van der Waals surface area contributed by atoms with Crippen LogP contribution in [0, 0.1) is 0 Å². The molecular weight excluding hydrogens is 240 g/mol. The summed E-state index contributed by atoms with van der Waals surface area (Å²) >= 11 is 0. The van der Waals surface area contributed by atoms with Crippen molar-refractivity contribution in [2.75, 3.05) is 6.61 Å². The Morgan fingerprint density at radius 2 is 1.37 bits per heavy atom. The molecule has 0 radical (unpaired) electrons. The van der Waals surface area contributed by atoms with Crippen molar-refractivity contribution in [3.8, 4) is 11.5 Å². The second-order valence-electron chi connectivity index (χ2n) is 4.30. The molecule has 0 fully saturated rings. The summed E-state index contributed by atoms with van der Waals surface area (Å²) in [5.41, 5.74) is 2.76. The quantitative estimate of drug-likeness (QED) is 0.788. The zero-order chi connectivity index (χ0) is 13.7. The number of allylic oxidation sites excluding steroid dienone is 1. The van der Waals surface area contributed by atoms with Crippen LogP contribution in [-0.4, -0.2) is 21.9 Å². The molecular formula is C16H16O3. The first-order chi connectivity index (χ1) is 9.19. The monoisotopic (exact) mass is 256 g/mol. The molecule has 3 nitrogen and oxygen atoms in total. The third-order valence-corrected chi connectivity index (χ3v) is 2.93. The van der Waals surface area contributed by atoms with Crippen molar-refractivity contribution < 1.29 is 15.3 Å². The summed E-state index contributed by atoms with van der Waals surface area (Å²) in [5.74, 6) is 0.452. The number of hydrogen-bond donors (Lipinski definition) is 3. The molecule has 3 N–H and O–H groups in total. The molecule has 0 aliphatic rings. The first-order valence-electron chi connectivity index (χ1n) is 6.06. The van der Waals surface area contributed by atoms with Gasteiger partial charge >= 0.3 is 0 Å². The van der Waals surface area contributed by atoms with Gasteiger partial charge in [-0.3, -0.25) is 0 Å². The maximum Gasteiger partial charge on any atom is 0.115 e. The Kier molecular flexibility index (Phi) is 4.21. The molecule has 98 valence electrons. The largest absolute Gasteiger partial charge is 0.508 e. The first kappa shape index (κ1) is 13.2. The summed E-state index contributed by atoms with van der Waals surface area (Å²) < 4.78 is 0. The zero-order valence-corrected chi connectivity index (χ0v) is 10.5. The molecule has 0 saturated carbocycles. The summed E-state index contributed by atoms with van der Waals surface area (Å²) in [6.45, 7) is -0.0527. The Hall–Kier alpha value is -2.26. The minimum absolute atomic E-state index is 0.0527. The molecule has 19 heavy (non-hydrogen) atoms. The lowest BCUT2D eigenvalue weighted by Crippen LogP contribution is -1.92. The van der Waals surface area contributed by atoms with E-state index in [1.54, 1.807) is 36.4 Å². The molecule has 0 heterocycles. The van der Waals surface area contributed by atoms with E-state index in [9.17, 15) is 15.3 Å². The van der Waals surface area contributed by atoms with Crippen LogP contribution in [-0.2, 0) is 6.42 Å². The van der Waals surface area contributed by atoms with Crippen LogP contribution in [0.1, 0.15) is 11.1 Å². The van der Waals surface area contributed by atoms with Crippen LogP contribution in [0.2, 0.25) is 0 Å². The van der Waals surface area contributed by atoms with Crippen LogP contribution in [0.3, 0.4) is 0 Å². The summed E-state index contributed by atoms with van der Waals surface area (Å²) in [4.78, 5) is 0. The number of phenols is 2. The number of rotatable bonds is 4. The highest BCUT2D eigenvalue weighted by Crippen LogP contribution is 2.19. The van der Waals surface area contributed by atoms with Crippen LogP contribution in [0.4, 0.5) is 0 Å². The van der Waals surface area contributed by atoms with E-state index in [-0.39, 0.29) is 18.1 Å². The maximum atomic E-state index is 9.40. The Balaban J connectivity index is 2.15. The predicted molar refractivity (Wildman–Crippen MR) is 75.0 cm³/mol. The van der Waals surface area contributed by atoms with Crippen LogP contribution in [0.25, 0.3) is 5.57 Å². The summed E-state index contributed by atoms with van der Waals surface area (Å²) in [6, 6.07) is 13.7. The van der Waals surface area contributed by atoms with Crippen LogP contribution < -0.4 is 0 Å². The van der Waals surface area contributed by atoms with Gasteiger partial charge in [-0.15, -0.1) is 0 Å². The molecule has 2 aromatic rings. The Morgan fingerprint density at radius 3 is 1.89 bits per heavy atom. The minimum Gasteiger partial charge on any atom is -0.508 e. The van der Waals surface area contributed by atoms with Crippen LogP contribution in [0.15, 0.2) is 54.6 Å². The lowest BCUT2D eigenvalue weighted by Gasteiger charge is -2.05. The van der Waals surface area contributed by atoms with Crippen molar-refractivity contribution in [2.45, 2.75) is 6.42 Å². The Bertz CT molecular complexity index is 554. The van der Waals surface area contributed by atoms with Gasteiger partial charge in [-0.1, -0.05) is 30.3 Å². The molecule has 0 aromatic heterocycles. The van der Waals surface area contributed by atoms with Gasteiger partial charge in [0.1, 0.15) is 11.5 Å². The van der Waals surface area contributed by atoms with Gasteiger partial charge in [0.2, 0.25) is 0 Å². The smallest absolute Gasteiger partial charge is 0.115 e. The van der Waals surface area contributed by atoms with Gasteiger partial charge in [-0.2, -0.15) is 0 Å². The molecule has 0 aliphatic carbocycles. The van der Waals surface area contributed by atoms with Gasteiger partial charge in [0.25, 0.3) is 0 Å². The number of aliphatic hydroxyl groups excluding tert-OH is 1. The first-order valence-corrected chi connectivity index (χ1v) is 6.06.